The average Bonchev–Trinajstić information content (AvgIpc) is 3.09. The zero-order chi connectivity index (χ0) is 23.3. The minimum Gasteiger partial charge on any atom is -0.504 e. The summed E-state index contributed by atoms with van der Waals surface area (Å²) in [6.07, 6.45) is 5.05. The Kier molecular flexibility index (Phi) is 4.53. The molecule has 2 fully saturated rings. The molecule has 1 saturated carbocycles. The molecule has 7 unspecified atom stereocenters. The van der Waals surface area contributed by atoms with Crippen molar-refractivity contribution in [2.24, 2.45) is 16.7 Å². The third kappa shape index (κ3) is 2.21. The van der Waals surface area contributed by atoms with Gasteiger partial charge in [-0.25, -0.2) is 0 Å². The van der Waals surface area contributed by atoms with Crippen LogP contribution >= 0.6 is 0 Å². The van der Waals surface area contributed by atoms with Crippen LogP contribution in [0.5, 0.6) is 11.5 Å². The van der Waals surface area contributed by atoms with Gasteiger partial charge in [-0.2, -0.15) is 0 Å². The van der Waals surface area contributed by atoms with Crippen molar-refractivity contribution in [1.82, 2.24) is 5.32 Å². The molecule has 4 aliphatic rings. The van der Waals surface area contributed by atoms with Gasteiger partial charge in [-0.1, -0.05) is 39.8 Å². The maximum atomic E-state index is 12.1. The van der Waals surface area contributed by atoms with E-state index in [0.29, 0.717) is 12.2 Å². The van der Waals surface area contributed by atoms with Gasteiger partial charge in [0.15, 0.2) is 11.5 Å². The number of phenolic OH excluding ortho intramolecular Hbond substituents is 1. The first kappa shape index (κ1) is 22.2. The Balaban J connectivity index is 1.85. The average molecular weight is 442 g/mol. The first-order chi connectivity index (χ1) is 15.0. The maximum absolute atomic E-state index is 12.1. The second-order valence-electron chi connectivity index (χ2n) is 11.8. The standard InChI is InChI=1S/C27H39NO4/c1-8-25-15-18(24(6,30)23(3,4)5)27(9-2,31-7)22-26(25)12-13-28-19(25)14-16-10-11-17(29)21(32-22)20(16)26/h8,10-11,18-19,22,28-30H,1,9,12-15H2,2-7H3. The number of phenols is 1. The normalized spacial score (nSPS) is 41.4. The van der Waals surface area contributed by atoms with Gasteiger partial charge in [-0.3, -0.25) is 0 Å². The molecule has 5 rings (SSSR count). The van der Waals surface area contributed by atoms with Crippen LogP contribution in [0.2, 0.25) is 0 Å². The lowest BCUT2D eigenvalue weighted by atomic mass is 9.38. The largest absolute Gasteiger partial charge is 0.504 e. The Morgan fingerprint density at radius 1 is 1.31 bits per heavy atom. The Morgan fingerprint density at radius 3 is 2.62 bits per heavy atom. The summed E-state index contributed by atoms with van der Waals surface area (Å²) in [6.45, 7) is 15.7. The number of rotatable bonds is 4. The molecule has 2 aliphatic heterocycles. The number of benzene rings is 1. The highest BCUT2D eigenvalue weighted by Gasteiger charge is 2.78. The predicted octanol–water partition coefficient (Wildman–Crippen LogP) is 4.09. The van der Waals surface area contributed by atoms with E-state index in [9.17, 15) is 10.2 Å². The van der Waals surface area contributed by atoms with Crippen LogP contribution in [0.15, 0.2) is 24.8 Å². The van der Waals surface area contributed by atoms with Gasteiger partial charge < -0.3 is 25.0 Å². The summed E-state index contributed by atoms with van der Waals surface area (Å²) in [5, 5.41) is 26.8. The summed E-state index contributed by atoms with van der Waals surface area (Å²) in [5.41, 5.74) is -0.321. The van der Waals surface area contributed by atoms with Crippen LogP contribution in [0.1, 0.15) is 65.0 Å². The Morgan fingerprint density at radius 2 is 2.03 bits per heavy atom. The first-order valence-corrected chi connectivity index (χ1v) is 12.1. The van der Waals surface area contributed by atoms with Gasteiger partial charge in [0.1, 0.15) is 11.7 Å². The van der Waals surface area contributed by atoms with Crippen molar-refractivity contribution in [1.29, 1.82) is 0 Å². The molecule has 176 valence electrons. The van der Waals surface area contributed by atoms with Crippen molar-refractivity contribution in [3.63, 3.8) is 0 Å². The highest BCUT2D eigenvalue weighted by Crippen LogP contribution is 2.73. The zero-order valence-corrected chi connectivity index (χ0v) is 20.4. The van der Waals surface area contributed by atoms with E-state index in [1.165, 1.54) is 5.56 Å². The lowest BCUT2D eigenvalue weighted by Gasteiger charge is -2.69. The number of ether oxygens (including phenoxy) is 2. The highest BCUT2D eigenvalue weighted by atomic mass is 16.6. The zero-order valence-electron chi connectivity index (χ0n) is 20.4. The summed E-state index contributed by atoms with van der Waals surface area (Å²) >= 11 is 0. The summed E-state index contributed by atoms with van der Waals surface area (Å²) in [5.74, 6) is 0.634. The van der Waals surface area contributed by atoms with Gasteiger partial charge in [0.05, 0.1) is 11.0 Å². The molecule has 5 heteroatoms. The van der Waals surface area contributed by atoms with E-state index in [1.807, 2.05) is 6.92 Å². The minimum absolute atomic E-state index is 0.179. The quantitative estimate of drug-likeness (QED) is 0.614. The van der Waals surface area contributed by atoms with Gasteiger partial charge in [0.25, 0.3) is 0 Å². The van der Waals surface area contributed by atoms with Gasteiger partial charge in [-0.15, -0.1) is 6.58 Å². The molecule has 2 aliphatic carbocycles. The number of aliphatic hydroxyl groups is 1. The second kappa shape index (κ2) is 6.52. The van der Waals surface area contributed by atoms with Crippen molar-refractivity contribution < 1.29 is 19.7 Å². The van der Waals surface area contributed by atoms with E-state index in [-0.39, 0.29) is 40.1 Å². The Hall–Kier alpha value is -1.56. The highest BCUT2D eigenvalue weighted by molar-refractivity contribution is 5.63. The molecule has 2 heterocycles. The van der Waals surface area contributed by atoms with Crippen LogP contribution in [-0.2, 0) is 16.6 Å². The number of nitrogens with one attached hydrogen (secondary N) is 1. The van der Waals surface area contributed by atoms with Crippen molar-refractivity contribution in [2.45, 2.75) is 89.1 Å². The molecule has 0 radical (unpaired) electrons. The fourth-order valence-corrected chi connectivity index (χ4v) is 8.08. The minimum atomic E-state index is -1.01. The van der Waals surface area contributed by atoms with E-state index in [0.717, 1.165) is 31.4 Å². The summed E-state index contributed by atoms with van der Waals surface area (Å²) in [7, 11) is 1.77. The third-order valence-electron chi connectivity index (χ3n) is 10.2. The third-order valence-corrected chi connectivity index (χ3v) is 10.2. The van der Waals surface area contributed by atoms with Gasteiger partial charge in [0, 0.05) is 30.0 Å². The van der Waals surface area contributed by atoms with E-state index in [2.05, 4.69) is 51.7 Å². The molecule has 5 nitrogen and oxygen atoms in total. The lowest BCUT2D eigenvalue weighted by Crippen LogP contribution is -2.79. The van der Waals surface area contributed by atoms with Crippen LogP contribution in [0.3, 0.4) is 0 Å². The van der Waals surface area contributed by atoms with Crippen molar-refractivity contribution in [2.75, 3.05) is 13.7 Å². The van der Waals surface area contributed by atoms with Crippen LogP contribution < -0.4 is 10.1 Å². The molecule has 1 saturated heterocycles. The van der Waals surface area contributed by atoms with Gasteiger partial charge in [0.2, 0.25) is 0 Å². The van der Waals surface area contributed by atoms with Crippen LogP contribution in [0.4, 0.5) is 0 Å². The first-order valence-electron chi connectivity index (χ1n) is 12.1. The molecule has 7 atom stereocenters. The van der Waals surface area contributed by atoms with Crippen molar-refractivity contribution >= 4 is 0 Å². The lowest BCUT2D eigenvalue weighted by molar-refractivity contribution is -0.264. The molecule has 0 amide bonds. The molecule has 32 heavy (non-hydrogen) atoms. The second-order valence-corrected chi connectivity index (χ2v) is 11.8. The van der Waals surface area contributed by atoms with E-state index in [1.54, 1.807) is 13.2 Å². The van der Waals surface area contributed by atoms with E-state index < -0.39 is 11.2 Å². The summed E-state index contributed by atoms with van der Waals surface area (Å²) in [4.78, 5) is 0. The van der Waals surface area contributed by atoms with E-state index >= 15 is 0 Å². The number of piperidine rings is 1. The molecular formula is C27H39NO4. The van der Waals surface area contributed by atoms with Gasteiger partial charge in [-0.05, 0) is 56.2 Å². The molecule has 0 aromatic heterocycles. The smallest absolute Gasteiger partial charge is 0.165 e. The fraction of sp³-hybridized carbons (Fsp3) is 0.704. The van der Waals surface area contributed by atoms with Gasteiger partial charge >= 0.3 is 0 Å². The molecule has 1 aromatic carbocycles. The molecule has 3 N–H and O–H groups in total. The Bertz CT molecular complexity index is 959. The topological polar surface area (TPSA) is 71.0 Å². The number of methoxy groups -OCH3 is 1. The van der Waals surface area contributed by atoms with Crippen LogP contribution in [-0.4, -0.2) is 47.2 Å². The SMILES string of the molecule is C=CC12CC(C(C)(O)C(C)(C)C)C(CC)(OC)C3Oc4c(O)ccc5c4C31CCNC2C5. The number of aromatic hydroxyl groups is 1. The van der Waals surface area contributed by atoms with E-state index in [4.69, 9.17) is 9.47 Å². The predicted molar refractivity (Wildman–Crippen MR) is 125 cm³/mol. The van der Waals surface area contributed by atoms with Crippen LogP contribution in [0.25, 0.3) is 0 Å². The molecule has 1 aromatic rings. The summed E-state index contributed by atoms with van der Waals surface area (Å²) in [6, 6.07) is 4.03. The fourth-order valence-electron chi connectivity index (χ4n) is 8.08. The van der Waals surface area contributed by atoms with Crippen molar-refractivity contribution in [3.8, 4) is 11.5 Å². The van der Waals surface area contributed by atoms with Crippen LogP contribution in [0, 0.1) is 16.7 Å². The maximum Gasteiger partial charge on any atom is 0.165 e. The molecule has 1 spiro atoms. The Labute approximate surface area is 192 Å². The number of hydrogen-bond acceptors (Lipinski definition) is 5. The molecular weight excluding hydrogens is 402 g/mol. The molecule has 2 bridgehead atoms. The number of hydrogen-bond donors (Lipinski definition) is 3. The monoisotopic (exact) mass is 441 g/mol. The van der Waals surface area contributed by atoms with Crippen molar-refractivity contribution in [3.05, 3.63) is 35.9 Å². The summed E-state index contributed by atoms with van der Waals surface area (Å²) < 4.78 is 13.3.